The maximum absolute atomic E-state index is 10.3. The Morgan fingerprint density at radius 3 is 2.79 bits per heavy atom. The maximum Gasteiger partial charge on any atom is 0.191 e. The zero-order valence-electron chi connectivity index (χ0n) is 12.5. The molecule has 1 aliphatic heterocycles. The standard InChI is InChI=1S/C14H29N3OS/c1-4-15-13(16-8-5-6-12(2)3)17-10-14(18)7-9-19-11-14/h12,18H,4-11H2,1-3H3,(H2,15,16,17). The number of hydrogen-bond acceptors (Lipinski definition) is 3. The molecule has 0 aromatic heterocycles. The predicted octanol–water partition coefficient (Wildman–Crippen LogP) is 1.85. The number of thioether (sulfide) groups is 1. The Bertz CT molecular complexity index is 276. The van der Waals surface area contributed by atoms with E-state index in [-0.39, 0.29) is 0 Å². The Hall–Kier alpha value is -0.420. The van der Waals surface area contributed by atoms with Crippen molar-refractivity contribution in [3.63, 3.8) is 0 Å². The number of nitrogens with one attached hydrogen (secondary N) is 2. The molecule has 0 radical (unpaired) electrons. The van der Waals surface area contributed by atoms with E-state index in [9.17, 15) is 5.11 Å². The minimum Gasteiger partial charge on any atom is -0.387 e. The van der Waals surface area contributed by atoms with Crippen molar-refractivity contribution in [2.45, 2.75) is 45.6 Å². The highest BCUT2D eigenvalue weighted by Gasteiger charge is 2.31. The van der Waals surface area contributed by atoms with Gasteiger partial charge in [-0.2, -0.15) is 11.8 Å². The fourth-order valence-corrected chi connectivity index (χ4v) is 3.29. The number of nitrogens with zero attached hydrogens (tertiary/aromatic N) is 1. The summed E-state index contributed by atoms with van der Waals surface area (Å²) in [4.78, 5) is 4.51. The third kappa shape index (κ3) is 7.06. The van der Waals surface area contributed by atoms with E-state index in [1.165, 1.54) is 6.42 Å². The Kier molecular flexibility index (Phi) is 7.61. The van der Waals surface area contributed by atoms with Crippen molar-refractivity contribution >= 4 is 17.7 Å². The van der Waals surface area contributed by atoms with E-state index in [1.807, 2.05) is 11.8 Å². The summed E-state index contributed by atoms with van der Waals surface area (Å²) in [5.41, 5.74) is -0.592. The first-order chi connectivity index (χ1) is 9.06. The normalized spacial score (nSPS) is 23.9. The number of aliphatic imine (C=N–C) groups is 1. The Morgan fingerprint density at radius 1 is 1.42 bits per heavy atom. The van der Waals surface area contributed by atoms with Crippen LogP contribution in [-0.4, -0.2) is 47.8 Å². The molecule has 19 heavy (non-hydrogen) atoms. The molecule has 1 fully saturated rings. The fourth-order valence-electron chi connectivity index (χ4n) is 2.01. The summed E-state index contributed by atoms with van der Waals surface area (Å²) in [6, 6.07) is 0. The molecular weight excluding hydrogens is 258 g/mol. The first kappa shape index (κ1) is 16.6. The third-order valence-corrected chi connectivity index (χ3v) is 4.44. The molecule has 0 aromatic rings. The Labute approximate surface area is 121 Å². The molecule has 112 valence electrons. The number of aliphatic hydroxyl groups is 1. The lowest BCUT2D eigenvalue weighted by atomic mass is 10.1. The highest BCUT2D eigenvalue weighted by atomic mass is 32.2. The van der Waals surface area contributed by atoms with Gasteiger partial charge in [-0.25, -0.2) is 0 Å². The third-order valence-electron chi connectivity index (χ3n) is 3.21. The van der Waals surface area contributed by atoms with Crippen molar-refractivity contribution in [2.75, 3.05) is 31.1 Å². The van der Waals surface area contributed by atoms with E-state index < -0.39 is 5.60 Å². The molecule has 1 saturated heterocycles. The summed E-state index contributed by atoms with van der Waals surface area (Å²) in [6.07, 6.45) is 3.24. The van der Waals surface area contributed by atoms with E-state index in [0.717, 1.165) is 49.3 Å². The molecule has 3 N–H and O–H groups in total. The van der Waals surface area contributed by atoms with E-state index in [2.05, 4.69) is 36.4 Å². The molecule has 1 unspecified atom stereocenters. The van der Waals surface area contributed by atoms with Gasteiger partial charge in [0.2, 0.25) is 0 Å². The summed E-state index contributed by atoms with van der Waals surface area (Å²) in [5, 5.41) is 16.8. The summed E-state index contributed by atoms with van der Waals surface area (Å²) >= 11 is 1.81. The molecule has 1 atom stereocenters. The average molecular weight is 287 g/mol. The van der Waals surface area contributed by atoms with Gasteiger partial charge in [-0.3, -0.25) is 4.99 Å². The van der Waals surface area contributed by atoms with Crippen molar-refractivity contribution in [1.29, 1.82) is 0 Å². The van der Waals surface area contributed by atoms with Gasteiger partial charge in [0.05, 0.1) is 12.1 Å². The van der Waals surface area contributed by atoms with Crippen LogP contribution in [0.5, 0.6) is 0 Å². The molecule has 1 heterocycles. The Morgan fingerprint density at radius 2 is 2.21 bits per heavy atom. The fraction of sp³-hybridized carbons (Fsp3) is 0.929. The zero-order chi connectivity index (χ0) is 14.1. The summed E-state index contributed by atoms with van der Waals surface area (Å²) in [5.74, 6) is 3.43. The second-order valence-electron chi connectivity index (χ2n) is 5.68. The molecule has 0 aliphatic carbocycles. The second kappa shape index (κ2) is 8.69. The molecule has 5 heteroatoms. The molecule has 0 bridgehead atoms. The monoisotopic (exact) mass is 287 g/mol. The lowest BCUT2D eigenvalue weighted by molar-refractivity contribution is 0.0778. The molecule has 0 amide bonds. The maximum atomic E-state index is 10.3. The van der Waals surface area contributed by atoms with Crippen LogP contribution in [0.2, 0.25) is 0 Å². The molecule has 0 aromatic carbocycles. The van der Waals surface area contributed by atoms with Gasteiger partial charge in [0, 0.05) is 18.8 Å². The average Bonchev–Trinajstić information content (AvgIpc) is 2.78. The van der Waals surface area contributed by atoms with Gasteiger partial charge in [0.1, 0.15) is 0 Å². The SMILES string of the molecule is CCNC(=NCC1(O)CCSC1)NCCCC(C)C. The van der Waals surface area contributed by atoms with E-state index >= 15 is 0 Å². The minimum atomic E-state index is -0.592. The van der Waals surface area contributed by atoms with E-state index in [0.29, 0.717) is 6.54 Å². The molecule has 1 rings (SSSR count). The predicted molar refractivity (Wildman–Crippen MR) is 84.9 cm³/mol. The van der Waals surface area contributed by atoms with Crippen LogP contribution in [0, 0.1) is 5.92 Å². The Balaban J connectivity index is 2.33. The quantitative estimate of drug-likeness (QED) is 0.380. The van der Waals surface area contributed by atoms with E-state index in [1.54, 1.807) is 0 Å². The van der Waals surface area contributed by atoms with Gasteiger partial charge in [0.25, 0.3) is 0 Å². The number of hydrogen-bond donors (Lipinski definition) is 3. The first-order valence-corrected chi connectivity index (χ1v) is 8.53. The van der Waals surface area contributed by atoms with Crippen molar-refractivity contribution in [1.82, 2.24) is 10.6 Å². The molecule has 1 aliphatic rings. The largest absolute Gasteiger partial charge is 0.387 e. The molecule has 0 spiro atoms. The smallest absolute Gasteiger partial charge is 0.191 e. The van der Waals surface area contributed by atoms with Crippen LogP contribution in [0.3, 0.4) is 0 Å². The summed E-state index contributed by atoms with van der Waals surface area (Å²) in [6.45, 7) is 8.84. The minimum absolute atomic E-state index is 0.500. The van der Waals surface area contributed by atoms with Gasteiger partial charge in [-0.15, -0.1) is 0 Å². The van der Waals surface area contributed by atoms with Crippen molar-refractivity contribution in [2.24, 2.45) is 10.9 Å². The molecular formula is C14H29N3OS. The van der Waals surface area contributed by atoms with Crippen LogP contribution in [0.4, 0.5) is 0 Å². The second-order valence-corrected chi connectivity index (χ2v) is 6.79. The van der Waals surface area contributed by atoms with Crippen LogP contribution >= 0.6 is 11.8 Å². The molecule has 4 nitrogen and oxygen atoms in total. The lowest BCUT2D eigenvalue weighted by Gasteiger charge is -2.19. The van der Waals surface area contributed by atoms with Gasteiger partial charge in [-0.1, -0.05) is 13.8 Å². The number of guanidine groups is 1. The van der Waals surface area contributed by atoms with Crippen LogP contribution in [0.15, 0.2) is 4.99 Å². The van der Waals surface area contributed by atoms with Gasteiger partial charge >= 0.3 is 0 Å². The van der Waals surface area contributed by atoms with Crippen LogP contribution in [0.1, 0.15) is 40.0 Å². The van der Waals surface area contributed by atoms with Crippen LogP contribution < -0.4 is 10.6 Å². The lowest BCUT2D eigenvalue weighted by Crippen LogP contribution is -2.40. The van der Waals surface area contributed by atoms with Gasteiger partial charge < -0.3 is 15.7 Å². The van der Waals surface area contributed by atoms with Crippen LogP contribution in [0.25, 0.3) is 0 Å². The summed E-state index contributed by atoms with van der Waals surface area (Å²) in [7, 11) is 0. The zero-order valence-corrected chi connectivity index (χ0v) is 13.4. The number of rotatable bonds is 7. The summed E-state index contributed by atoms with van der Waals surface area (Å²) < 4.78 is 0. The van der Waals surface area contributed by atoms with Crippen LogP contribution in [-0.2, 0) is 0 Å². The van der Waals surface area contributed by atoms with Crippen molar-refractivity contribution < 1.29 is 5.11 Å². The van der Waals surface area contributed by atoms with Gasteiger partial charge in [-0.05, 0) is 37.9 Å². The highest BCUT2D eigenvalue weighted by molar-refractivity contribution is 7.99. The van der Waals surface area contributed by atoms with E-state index in [4.69, 9.17) is 0 Å². The van der Waals surface area contributed by atoms with Crippen molar-refractivity contribution in [3.8, 4) is 0 Å². The van der Waals surface area contributed by atoms with Gasteiger partial charge in [0.15, 0.2) is 5.96 Å². The van der Waals surface area contributed by atoms with Crippen molar-refractivity contribution in [3.05, 3.63) is 0 Å². The molecule has 0 saturated carbocycles. The first-order valence-electron chi connectivity index (χ1n) is 7.38. The highest BCUT2D eigenvalue weighted by Crippen LogP contribution is 2.27. The topological polar surface area (TPSA) is 56.7 Å².